The van der Waals surface area contributed by atoms with Crippen LogP contribution in [0, 0.1) is 5.82 Å². The standard InChI is InChI=1S/C17H17FN4O4/c1-11(17-19-20-21-22(17)2)3-6-13(23)9-14(24)10-16(25)26-15-7-4-12(18)5-8-15/h3-8,14,24H,1,9-10H2,2H3. The van der Waals surface area contributed by atoms with Crippen LogP contribution in [-0.2, 0) is 16.6 Å². The van der Waals surface area contributed by atoms with Crippen LogP contribution in [0.4, 0.5) is 4.39 Å². The first-order valence-electron chi connectivity index (χ1n) is 7.62. The molecule has 1 aromatic heterocycles. The monoisotopic (exact) mass is 360 g/mol. The fourth-order valence-electron chi connectivity index (χ4n) is 2.01. The summed E-state index contributed by atoms with van der Waals surface area (Å²) in [7, 11) is 1.63. The topological polar surface area (TPSA) is 107 Å². The highest BCUT2D eigenvalue weighted by atomic mass is 19.1. The number of benzene rings is 1. The second kappa shape index (κ2) is 8.77. The minimum atomic E-state index is -1.20. The number of tetrazole rings is 1. The lowest BCUT2D eigenvalue weighted by Crippen LogP contribution is -2.20. The summed E-state index contributed by atoms with van der Waals surface area (Å²) in [5.74, 6) is -1.03. The Balaban J connectivity index is 1.80. The molecule has 2 rings (SSSR count). The van der Waals surface area contributed by atoms with Crippen molar-refractivity contribution < 1.29 is 23.8 Å². The van der Waals surface area contributed by atoms with Gasteiger partial charge in [-0.15, -0.1) is 5.10 Å². The molecule has 9 heteroatoms. The van der Waals surface area contributed by atoms with E-state index >= 15 is 0 Å². The number of carbonyl (C=O) groups is 2. The van der Waals surface area contributed by atoms with Gasteiger partial charge < -0.3 is 9.84 Å². The third-order valence-corrected chi connectivity index (χ3v) is 3.26. The maximum absolute atomic E-state index is 12.8. The van der Waals surface area contributed by atoms with Gasteiger partial charge in [0.2, 0.25) is 0 Å². The molecule has 8 nitrogen and oxygen atoms in total. The summed E-state index contributed by atoms with van der Waals surface area (Å²) in [5, 5.41) is 20.7. The summed E-state index contributed by atoms with van der Waals surface area (Å²) in [5.41, 5.74) is 0.427. The SMILES string of the molecule is C=C(C=CC(=O)CC(O)CC(=O)Oc1ccc(F)cc1)c1nnnn1C. The van der Waals surface area contributed by atoms with Gasteiger partial charge in [-0.1, -0.05) is 6.58 Å². The maximum atomic E-state index is 12.8. The second-order valence-corrected chi connectivity index (χ2v) is 5.44. The summed E-state index contributed by atoms with van der Waals surface area (Å²) in [6, 6.07) is 4.88. The zero-order valence-corrected chi connectivity index (χ0v) is 14.0. The highest BCUT2D eigenvalue weighted by Crippen LogP contribution is 2.13. The summed E-state index contributed by atoms with van der Waals surface area (Å²) in [6.45, 7) is 3.74. The average molecular weight is 360 g/mol. The number of ether oxygens (including phenoxy) is 1. The Hall–Kier alpha value is -3.20. The number of esters is 1. The molecule has 1 unspecified atom stereocenters. The summed E-state index contributed by atoms with van der Waals surface area (Å²) < 4.78 is 19.1. The van der Waals surface area contributed by atoms with Crippen LogP contribution in [0.2, 0.25) is 0 Å². The Morgan fingerprint density at radius 2 is 2.00 bits per heavy atom. The number of aryl methyl sites for hydroxylation is 1. The van der Waals surface area contributed by atoms with E-state index in [1.165, 1.54) is 29.0 Å². The predicted molar refractivity (Wildman–Crippen MR) is 89.3 cm³/mol. The quantitative estimate of drug-likeness (QED) is 0.326. The Labute approximate surface area is 148 Å². The highest BCUT2D eigenvalue weighted by molar-refractivity contribution is 5.92. The lowest BCUT2D eigenvalue weighted by Gasteiger charge is -2.08. The lowest BCUT2D eigenvalue weighted by molar-refractivity contribution is -0.136. The van der Waals surface area contributed by atoms with Gasteiger partial charge in [0.25, 0.3) is 0 Å². The molecule has 0 aliphatic carbocycles. The van der Waals surface area contributed by atoms with Crippen molar-refractivity contribution in [1.29, 1.82) is 0 Å². The van der Waals surface area contributed by atoms with E-state index in [1.54, 1.807) is 7.05 Å². The van der Waals surface area contributed by atoms with Gasteiger partial charge in [0.05, 0.1) is 12.5 Å². The largest absolute Gasteiger partial charge is 0.426 e. The zero-order chi connectivity index (χ0) is 19.1. The van der Waals surface area contributed by atoms with Gasteiger partial charge in [0.15, 0.2) is 11.6 Å². The van der Waals surface area contributed by atoms with Crippen LogP contribution in [0.5, 0.6) is 5.75 Å². The number of hydrogen-bond donors (Lipinski definition) is 1. The van der Waals surface area contributed by atoms with Crippen molar-refractivity contribution in [1.82, 2.24) is 20.2 Å². The summed E-state index contributed by atoms with van der Waals surface area (Å²) in [6.07, 6.45) is 0.818. The van der Waals surface area contributed by atoms with Gasteiger partial charge >= 0.3 is 5.97 Å². The number of rotatable bonds is 8. The molecule has 0 saturated heterocycles. The van der Waals surface area contributed by atoms with E-state index in [-0.39, 0.29) is 18.6 Å². The molecule has 0 saturated carbocycles. The third-order valence-electron chi connectivity index (χ3n) is 3.26. The van der Waals surface area contributed by atoms with E-state index in [1.807, 2.05) is 0 Å². The van der Waals surface area contributed by atoms with E-state index in [9.17, 15) is 19.1 Å². The molecule has 1 heterocycles. The minimum Gasteiger partial charge on any atom is -0.426 e. The van der Waals surface area contributed by atoms with Crippen molar-refractivity contribution >= 4 is 17.3 Å². The van der Waals surface area contributed by atoms with Crippen LogP contribution in [0.25, 0.3) is 5.57 Å². The first kappa shape index (κ1) is 19.1. The van der Waals surface area contributed by atoms with Gasteiger partial charge in [-0.05, 0) is 46.8 Å². The Kier molecular flexibility index (Phi) is 6.45. The molecule has 0 spiro atoms. The number of aliphatic hydroxyl groups excluding tert-OH is 1. The van der Waals surface area contributed by atoms with Crippen LogP contribution in [0.3, 0.4) is 0 Å². The van der Waals surface area contributed by atoms with Gasteiger partial charge in [-0.2, -0.15) is 0 Å². The summed E-state index contributed by atoms with van der Waals surface area (Å²) in [4.78, 5) is 23.6. The molecule has 1 atom stereocenters. The maximum Gasteiger partial charge on any atom is 0.313 e. The molecule has 1 aromatic carbocycles. The van der Waals surface area contributed by atoms with Gasteiger partial charge in [-0.3, -0.25) is 9.59 Å². The molecule has 0 radical (unpaired) electrons. The van der Waals surface area contributed by atoms with Crippen molar-refractivity contribution in [3.05, 3.63) is 54.6 Å². The summed E-state index contributed by atoms with van der Waals surface area (Å²) >= 11 is 0. The van der Waals surface area contributed by atoms with Crippen molar-refractivity contribution in [2.24, 2.45) is 7.05 Å². The molecule has 0 aliphatic heterocycles. The Bertz CT molecular complexity index is 830. The number of halogens is 1. The van der Waals surface area contributed by atoms with E-state index in [0.717, 1.165) is 12.1 Å². The molecule has 0 bridgehead atoms. The molecular weight excluding hydrogens is 343 g/mol. The van der Waals surface area contributed by atoms with Crippen molar-refractivity contribution in [3.63, 3.8) is 0 Å². The number of ketones is 1. The van der Waals surface area contributed by atoms with Crippen LogP contribution in [0.1, 0.15) is 18.7 Å². The van der Waals surface area contributed by atoms with E-state index in [2.05, 4.69) is 22.1 Å². The van der Waals surface area contributed by atoms with Crippen LogP contribution >= 0.6 is 0 Å². The fourth-order valence-corrected chi connectivity index (χ4v) is 2.01. The fraction of sp³-hybridized carbons (Fsp3) is 0.235. The number of carbonyl (C=O) groups excluding carboxylic acids is 2. The van der Waals surface area contributed by atoms with Gasteiger partial charge in [0.1, 0.15) is 11.6 Å². The normalized spacial score (nSPS) is 12.1. The molecular formula is C17H17FN4O4. The Morgan fingerprint density at radius 3 is 2.62 bits per heavy atom. The number of hydrogen-bond acceptors (Lipinski definition) is 7. The second-order valence-electron chi connectivity index (χ2n) is 5.44. The van der Waals surface area contributed by atoms with Crippen LogP contribution < -0.4 is 4.74 Å². The number of aliphatic hydroxyl groups is 1. The lowest BCUT2D eigenvalue weighted by atomic mass is 10.1. The first-order valence-corrected chi connectivity index (χ1v) is 7.62. The molecule has 0 aliphatic rings. The molecule has 0 amide bonds. The van der Waals surface area contributed by atoms with Crippen molar-refractivity contribution in [2.45, 2.75) is 18.9 Å². The molecule has 136 valence electrons. The predicted octanol–water partition coefficient (Wildman–Crippen LogP) is 1.23. The zero-order valence-electron chi connectivity index (χ0n) is 14.0. The van der Waals surface area contributed by atoms with E-state index in [0.29, 0.717) is 11.4 Å². The van der Waals surface area contributed by atoms with Crippen molar-refractivity contribution in [3.8, 4) is 5.75 Å². The van der Waals surface area contributed by atoms with Gasteiger partial charge in [-0.25, -0.2) is 9.07 Å². The average Bonchev–Trinajstić information content (AvgIpc) is 3.00. The number of aromatic nitrogens is 4. The highest BCUT2D eigenvalue weighted by Gasteiger charge is 2.16. The first-order chi connectivity index (χ1) is 12.3. The smallest absolute Gasteiger partial charge is 0.313 e. The van der Waals surface area contributed by atoms with Crippen molar-refractivity contribution in [2.75, 3.05) is 0 Å². The minimum absolute atomic E-state index is 0.156. The molecule has 2 aromatic rings. The molecule has 26 heavy (non-hydrogen) atoms. The van der Waals surface area contributed by atoms with Crippen LogP contribution in [-0.4, -0.2) is 43.2 Å². The molecule has 1 N–H and O–H groups in total. The van der Waals surface area contributed by atoms with E-state index < -0.39 is 23.7 Å². The number of nitrogens with zero attached hydrogens (tertiary/aromatic N) is 4. The van der Waals surface area contributed by atoms with E-state index in [4.69, 9.17) is 4.74 Å². The van der Waals surface area contributed by atoms with Crippen LogP contribution in [0.15, 0.2) is 43.0 Å². The van der Waals surface area contributed by atoms with Gasteiger partial charge in [0, 0.05) is 19.0 Å². The third kappa shape index (κ3) is 5.71. The molecule has 0 fully saturated rings. The Morgan fingerprint density at radius 1 is 1.31 bits per heavy atom. The number of allylic oxidation sites excluding steroid dienone is 3.